The minimum Gasteiger partial charge on any atom is -0.330 e. The Morgan fingerprint density at radius 2 is 1.92 bits per heavy atom. The third-order valence-electron chi connectivity index (χ3n) is 5.40. The van der Waals surface area contributed by atoms with Crippen LogP contribution in [-0.2, 0) is 0 Å². The number of nitrogens with zero attached hydrogens (tertiary/aromatic N) is 4. The second-order valence-corrected chi connectivity index (χ2v) is 7.16. The van der Waals surface area contributed by atoms with Gasteiger partial charge in [-0.3, -0.25) is 9.67 Å². The maximum atomic E-state index is 5.62. The van der Waals surface area contributed by atoms with Crippen molar-refractivity contribution in [1.29, 1.82) is 0 Å². The Kier molecular flexibility index (Phi) is 4.25. The van der Waals surface area contributed by atoms with Crippen molar-refractivity contribution in [2.24, 2.45) is 11.7 Å². The first-order valence-electron chi connectivity index (χ1n) is 9.15. The first kappa shape index (κ1) is 16.2. The van der Waals surface area contributed by atoms with Gasteiger partial charge in [-0.1, -0.05) is 12.1 Å². The quantitative estimate of drug-likeness (QED) is 0.770. The monoisotopic (exact) mass is 335 g/mol. The normalized spacial score (nSPS) is 20.0. The molecule has 1 fully saturated rings. The first-order chi connectivity index (χ1) is 12.2. The SMILES string of the molecule is Cc1nn(C2CC(CCCN)C2)c(C)c1-c1cnc2ccccc2n1. The zero-order valence-corrected chi connectivity index (χ0v) is 14.9. The Morgan fingerprint density at radius 3 is 2.68 bits per heavy atom. The molecule has 4 rings (SSSR count). The lowest BCUT2D eigenvalue weighted by Crippen LogP contribution is -2.28. The van der Waals surface area contributed by atoms with E-state index in [1.807, 2.05) is 30.5 Å². The molecule has 2 N–H and O–H groups in total. The van der Waals surface area contributed by atoms with Gasteiger partial charge in [0.2, 0.25) is 0 Å². The van der Waals surface area contributed by atoms with Crippen molar-refractivity contribution in [3.8, 4) is 11.3 Å². The summed E-state index contributed by atoms with van der Waals surface area (Å²) < 4.78 is 2.21. The molecule has 5 nitrogen and oxygen atoms in total. The third-order valence-corrected chi connectivity index (χ3v) is 5.40. The van der Waals surface area contributed by atoms with Gasteiger partial charge in [0.1, 0.15) is 0 Å². The molecule has 0 saturated heterocycles. The van der Waals surface area contributed by atoms with Crippen molar-refractivity contribution < 1.29 is 0 Å². The molecule has 0 bridgehead atoms. The lowest BCUT2D eigenvalue weighted by atomic mass is 9.77. The van der Waals surface area contributed by atoms with E-state index in [0.717, 1.165) is 46.9 Å². The highest BCUT2D eigenvalue weighted by atomic mass is 15.3. The van der Waals surface area contributed by atoms with Crippen LogP contribution in [-0.4, -0.2) is 26.3 Å². The minimum atomic E-state index is 0.517. The van der Waals surface area contributed by atoms with E-state index in [2.05, 4.69) is 23.5 Å². The van der Waals surface area contributed by atoms with Crippen LogP contribution in [0.2, 0.25) is 0 Å². The summed E-state index contributed by atoms with van der Waals surface area (Å²) in [5.41, 5.74) is 11.8. The summed E-state index contributed by atoms with van der Waals surface area (Å²) in [6.07, 6.45) is 6.67. The third kappa shape index (κ3) is 2.93. The molecule has 1 aromatic carbocycles. The van der Waals surface area contributed by atoms with Crippen LogP contribution in [0.25, 0.3) is 22.3 Å². The van der Waals surface area contributed by atoms with Crippen LogP contribution in [0.5, 0.6) is 0 Å². The topological polar surface area (TPSA) is 69.6 Å². The largest absolute Gasteiger partial charge is 0.330 e. The molecule has 0 aliphatic heterocycles. The smallest absolute Gasteiger partial charge is 0.0930 e. The van der Waals surface area contributed by atoms with Crippen LogP contribution in [0.1, 0.15) is 43.1 Å². The highest BCUT2D eigenvalue weighted by Crippen LogP contribution is 2.42. The molecular formula is C20H25N5. The summed E-state index contributed by atoms with van der Waals surface area (Å²) in [7, 11) is 0. The Labute approximate surface area is 148 Å². The van der Waals surface area contributed by atoms with Gasteiger partial charge in [-0.2, -0.15) is 5.10 Å². The molecule has 0 amide bonds. The number of nitrogens with two attached hydrogens (primary N) is 1. The summed E-state index contributed by atoms with van der Waals surface area (Å²) in [4.78, 5) is 9.37. The predicted octanol–water partition coefficient (Wildman–Crippen LogP) is 3.80. The van der Waals surface area contributed by atoms with Gasteiger partial charge in [-0.25, -0.2) is 4.98 Å². The van der Waals surface area contributed by atoms with E-state index < -0.39 is 0 Å². The number of hydrogen-bond acceptors (Lipinski definition) is 4. The van der Waals surface area contributed by atoms with Crippen LogP contribution in [0.15, 0.2) is 30.5 Å². The van der Waals surface area contributed by atoms with Crippen molar-refractivity contribution in [2.45, 2.75) is 45.6 Å². The molecule has 130 valence electrons. The molecule has 2 heterocycles. The maximum Gasteiger partial charge on any atom is 0.0930 e. The number of benzene rings is 1. The van der Waals surface area contributed by atoms with Gasteiger partial charge < -0.3 is 5.73 Å². The van der Waals surface area contributed by atoms with Gasteiger partial charge in [0, 0.05) is 11.3 Å². The number of rotatable bonds is 5. The second kappa shape index (κ2) is 6.56. The number of fused-ring (bicyclic) bond motifs is 1. The van der Waals surface area contributed by atoms with E-state index in [-0.39, 0.29) is 0 Å². The van der Waals surface area contributed by atoms with E-state index in [1.165, 1.54) is 25.0 Å². The standard InChI is InChI=1S/C20H25N5/c1-13-20(19-12-22-17-7-3-4-8-18(17)23-19)14(2)25(24-13)16-10-15(11-16)6-5-9-21/h3-4,7-8,12,15-16H,5-6,9-11,21H2,1-2H3. The molecule has 1 aliphatic rings. The fourth-order valence-corrected chi connectivity index (χ4v) is 4.01. The highest BCUT2D eigenvalue weighted by Gasteiger charge is 2.32. The van der Waals surface area contributed by atoms with Gasteiger partial charge >= 0.3 is 0 Å². The van der Waals surface area contributed by atoms with E-state index in [4.69, 9.17) is 15.8 Å². The highest BCUT2D eigenvalue weighted by molar-refractivity contribution is 5.77. The molecule has 25 heavy (non-hydrogen) atoms. The summed E-state index contributed by atoms with van der Waals surface area (Å²) >= 11 is 0. The minimum absolute atomic E-state index is 0.517. The predicted molar refractivity (Wildman–Crippen MR) is 100 cm³/mol. The van der Waals surface area contributed by atoms with Crippen LogP contribution in [0.3, 0.4) is 0 Å². The number of hydrogen-bond donors (Lipinski definition) is 1. The van der Waals surface area contributed by atoms with Crippen LogP contribution in [0.4, 0.5) is 0 Å². The lowest BCUT2D eigenvalue weighted by molar-refractivity contribution is 0.169. The lowest BCUT2D eigenvalue weighted by Gasteiger charge is -2.36. The van der Waals surface area contributed by atoms with Crippen molar-refractivity contribution in [3.05, 3.63) is 41.9 Å². The summed E-state index contributed by atoms with van der Waals surface area (Å²) in [6.45, 7) is 5.02. The van der Waals surface area contributed by atoms with Crippen molar-refractivity contribution in [2.75, 3.05) is 6.54 Å². The number of aryl methyl sites for hydroxylation is 1. The van der Waals surface area contributed by atoms with E-state index in [0.29, 0.717) is 6.04 Å². The summed E-state index contributed by atoms with van der Waals surface area (Å²) in [5.74, 6) is 0.807. The Bertz CT molecular complexity index is 892. The molecular weight excluding hydrogens is 310 g/mol. The van der Waals surface area contributed by atoms with E-state index in [9.17, 15) is 0 Å². The molecule has 1 aliphatic carbocycles. The zero-order valence-electron chi connectivity index (χ0n) is 14.9. The molecule has 1 saturated carbocycles. The number of aromatic nitrogens is 4. The average molecular weight is 335 g/mol. The number of para-hydroxylation sites is 2. The van der Waals surface area contributed by atoms with Gasteiger partial charge in [0.25, 0.3) is 0 Å². The van der Waals surface area contributed by atoms with E-state index >= 15 is 0 Å². The molecule has 2 aromatic heterocycles. The fraction of sp³-hybridized carbons (Fsp3) is 0.450. The van der Waals surface area contributed by atoms with Gasteiger partial charge in [0.05, 0.1) is 34.7 Å². The first-order valence-corrected chi connectivity index (χ1v) is 9.15. The molecule has 5 heteroatoms. The fourth-order valence-electron chi connectivity index (χ4n) is 4.01. The molecule has 3 aromatic rings. The van der Waals surface area contributed by atoms with Crippen LogP contribution < -0.4 is 5.73 Å². The molecule has 0 radical (unpaired) electrons. The second-order valence-electron chi connectivity index (χ2n) is 7.16. The Morgan fingerprint density at radius 1 is 1.16 bits per heavy atom. The Balaban J connectivity index is 1.61. The van der Waals surface area contributed by atoms with Crippen molar-refractivity contribution >= 4 is 11.0 Å². The van der Waals surface area contributed by atoms with Gasteiger partial charge in [0.15, 0.2) is 0 Å². The summed E-state index contributed by atoms with van der Waals surface area (Å²) in [6, 6.07) is 8.51. The zero-order chi connectivity index (χ0) is 17.4. The molecule has 0 spiro atoms. The molecule has 0 atom stereocenters. The molecule has 0 unspecified atom stereocenters. The van der Waals surface area contributed by atoms with Crippen LogP contribution >= 0.6 is 0 Å². The van der Waals surface area contributed by atoms with Gasteiger partial charge in [-0.05, 0) is 64.1 Å². The summed E-state index contributed by atoms with van der Waals surface area (Å²) in [5, 5.41) is 4.83. The van der Waals surface area contributed by atoms with Crippen LogP contribution in [0, 0.1) is 19.8 Å². The van der Waals surface area contributed by atoms with Crippen molar-refractivity contribution in [1.82, 2.24) is 19.7 Å². The Hall–Kier alpha value is -2.27. The van der Waals surface area contributed by atoms with Crippen molar-refractivity contribution in [3.63, 3.8) is 0 Å². The maximum absolute atomic E-state index is 5.62. The van der Waals surface area contributed by atoms with E-state index in [1.54, 1.807) is 0 Å². The average Bonchev–Trinajstić information content (AvgIpc) is 2.87. The van der Waals surface area contributed by atoms with Gasteiger partial charge in [-0.15, -0.1) is 0 Å².